The number of anilines is 2. The van der Waals surface area contributed by atoms with E-state index in [0.717, 1.165) is 31.9 Å². The molecule has 2 saturated carbocycles. The summed E-state index contributed by atoms with van der Waals surface area (Å²) in [5.41, 5.74) is 7.60. The molecule has 0 saturated heterocycles. The summed E-state index contributed by atoms with van der Waals surface area (Å²) < 4.78 is 42.1. The van der Waals surface area contributed by atoms with Crippen molar-refractivity contribution in [1.29, 1.82) is 0 Å². The van der Waals surface area contributed by atoms with E-state index in [9.17, 15) is 23.3 Å². The fourth-order valence-electron chi connectivity index (χ4n) is 5.87. The molecule has 4 bridgehead atoms. The van der Waals surface area contributed by atoms with Crippen molar-refractivity contribution in [2.75, 3.05) is 17.2 Å². The van der Waals surface area contributed by atoms with E-state index in [1.165, 1.54) is 23.8 Å². The van der Waals surface area contributed by atoms with Crippen LogP contribution in [0.3, 0.4) is 0 Å². The van der Waals surface area contributed by atoms with Crippen molar-refractivity contribution in [3.63, 3.8) is 0 Å². The molecule has 4 N–H and O–H groups in total. The number of halogens is 3. The van der Waals surface area contributed by atoms with Gasteiger partial charge >= 0.3 is 12.0 Å². The largest absolute Gasteiger partial charge is 0.573 e. The molecule has 3 unspecified atom stereocenters. The molecule has 4 aliphatic rings. The molecule has 12 heteroatoms. The first kappa shape index (κ1) is 23.3. The standard InChI is InChI=1S/C23H25F3N6O3/c24-23(25,26)35-18-4-2-1-3-14(18)10-28-21-29-11-17(32(33)34)20(31-21)30-12-22-7-13-5-15(8-22)19(27)16(6-13)9-22/h1-5,11,13,16,19H,6-10,12,27H2,(H2,28,29,30,31)/t13?,16?,19-,22?/m1/s1. The van der Waals surface area contributed by atoms with Crippen LogP contribution >= 0.6 is 0 Å². The maximum Gasteiger partial charge on any atom is 0.573 e. The van der Waals surface area contributed by atoms with Crippen LogP contribution in [0.2, 0.25) is 0 Å². The van der Waals surface area contributed by atoms with Gasteiger partial charge in [-0.15, -0.1) is 13.2 Å². The Labute approximate surface area is 199 Å². The highest BCUT2D eigenvalue weighted by Crippen LogP contribution is 2.56. The summed E-state index contributed by atoms with van der Waals surface area (Å²) in [5, 5.41) is 17.6. The number of alkyl halides is 3. The Morgan fingerprint density at radius 2 is 2.06 bits per heavy atom. The topological polar surface area (TPSA) is 128 Å². The summed E-state index contributed by atoms with van der Waals surface area (Å²) in [6, 6.07) is 5.80. The Morgan fingerprint density at radius 3 is 2.80 bits per heavy atom. The van der Waals surface area contributed by atoms with Gasteiger partial charge in [-0.3, -0.25) is 10.1 Å². The Hall–Kier alpha value is -3.41. The zero-order chi connectivity index (χ0) is 24.8. The van der Waals surface area contributed by atoms with Gasteiger partial charge in [0.1, 0.15) is 11.9 Å². The first-order valence-electron chi connectivity index (χ1n) is 11.4. The van der Waals surface area contributed by atoms with E-state index in [0.29, 0.717) is 18.4 Å². The molecule has 4 atom stereocenters. The molecule has 0 amide bonds. The van der Waals surface area contributed by atoms with Crippen LogP contribution in [0.5, 0.6) is 5.75 Å². The van der Waals surface area contributed by atoms with Crippen molar-refractivity contribution in [3.05, 3.63) is 57.8 Å². The third-order valence-electron chi connectivity index (χ3n) is 7.19. The lowest BCUT2D eigenvalue weighted by atomic mass is 9.52. The minimum absolute atomic E-state index is 0.0200. The first-order chi connectivity index (χ1) is 16.6. The van der Waals surface area contributed by atoms with E-state index >= 15 is 0 Å². The van der Waals surface area contributed by atoms with Crippen LogP contribution < -0.4 is 21.1 Å². The molecule has 0 radical (unpaired) electrons. The van der Waals surface area contributed by atoms with Gasteiger partial charge in [0.25, 0.3) is 0 Å². The van der Waals surface area contributed by atoms with E-state index in [4.69, 9.17) is 5.73 Å². The second-order valence-corrected chi connectivity index (χ2v) is 9.66. The van der Waals surface area contributed by atoms with E-state index in [1.54, 1.807) is 6.07 Å². The minimum atomic E-state index is -4.83. The van der Waals surface area contributed by atoms with Crippen molar-refractivity contribution in [1.82, 2.24) is 9.97 Å². The van der Waals surface area contributed by atoms with Crippen LogP contribution in [0, 0.1) is 27.4 Å². The lowest BCUT2D eigenvalue weighted by Gasteiger charge is -2.55. The van der Waals surface area contributed by atoms with Crippen LogP contribution in [0.1, 0.15) is 31.2 Å². The van der Waals surface area contributed by atoms with E-state index in [-0.39, 0.29) is 46.8 Å². The molecule has 9 nitrogen and oxygen atoms in total. The van der Waals surface area contributed by atoms with Gasteiger partial charge in [-0.25, -0.2) is 4.98 Å². The summed E-state index contributed by atoms with van der Waals surface area (Å²) in [5.74, 6) is 0.704. The predicted octanol–water partition coefficient (Wildman–Crippen LogP) is 4.38. The number of aromatic nitrogens is 2. The molecule has 6 rings (SSSR count). The smallest absolute Gasteiger partial charge is 0.405 e. The zero-order valence-corrected chi connectivity index (χ0v) is 18.7. The monoisotopic (exact) mass is 490 g/mol. The first-order valence-corrected chi connectivity index (χ1v) is 11.4. The molecule has 0 aliphatic heterocycles. The molecule has 1 aromatic heterocycles. The lowest BCUT2D eigenvalue weighted by molar-refractivity contribution is -0.384. The predicted molar refractivity (Wildman–Crippen MR) is 122 cm³/mol. The van der Waals surface area contributed by atoms with Crippen LogP contribution in [-0.2, 0) is 6.54 Å². The summed E-state index contributed by atoms with van der Waals surface area (Å²) in [7, 11) is 0. The van der Waals surface area contributed by atoms with Gasteiger partial charge in [0, 0.05) is 24.7 Å². The Morgan fingerprint density at radius 1 is 1.26 bits per heavy atom. The number of nitro groups is 1. The van der Waals surface area contributed by atoms with Gasteiger partial charge in [-0.05, 0) is 49.0 Å². The van der Waals surface area contributed by atoms with Gasteiger partial charge < -0.3 is 21.1 Å². The molecule has 1 heterocycles. The van der Waals surface area contributed by atoms with Gasteiger partial charge in [-0.2, -0.15) is 4.98 Å². The van der Waals surface area contributed by atoms with Crippen molar-refractivity contribution in [2.45, 2.75) is 44.6 Å². The number of nitrogens with zero attached hydrogens (tertiary/aromatic N) is 3. The highest BCUT2D eigenvalue weighted by atomic mass is 19.4. The fourth-order valence-corrected chi connectivity index (χ4v) is 5.87. The number of nitrogens with one attached hydrogen (secondary N) is 2. The number of benzene rings is 1. The number of nitrogens with two attached hydrogens (primary N) is 1. The highest BCUT2D eigenvalue weighted by Gasteiger charge is 2.50. The molecule has 0 spiro atoms. The molecule has 186 valence electrons. The summed E-state index contributed by atoms with van der Waals surface area (Å²) >= 11 is 0. The maximum absolute atomic E-state index is 12.7. The molecule has 1 aromatic carbocycles. The van der Waals surface area contributed by atoms with Crippen molar-refractivity contribution < 1.29 is 22.8 Å². The SMILES string of the molecule is N[C@@H]1C2=CC3CC1CC(CNc1nc(NCc4ccccc4OC(F)(F)F)ncc1[N+](=O)[O-])(C2)C3. The van der Waals surface area contributed by atoms with E-state index in [2.05, 4.69) is 31.4 Å². The second kappa shape index (κ2) is 8.67. The average Bonchev–Trinajstić information content (AvgIpc) is 2.79. The van der Waals surface area contributed by atoms with Crippen molar-refractivity contribution in [3.8, 4) is 5.75 Å². The summed E-state index contributed by atoms with van der Waals surface area (Å²) in [6.07, 6.45) is 2.50. The van der Waals surface area contributed by atoms with Crippen LogP contribution in [0.4, 0.5) is 30.6 Å². The molecule has 35 heavy (non-hydrogen) atoms. The van der Waals surface area contributed by atoms with Gasteiger partial charge in [0.2, 0.25) is 11.8 Å². The summed E-state index contributed by atoms with van der Waals surface area (Å²) in [4.78, 5) is 19.3. The Kier molecular flexibility index (Phi) is 5.78. The number of ether oxygens (including phenoxy) is 1. The number of para-hydroxylation sites is 1. The second-order valence-electron chi connectivity index (χ2n) is 9.66. The van der Waals surface area contributed by atoms with Gasteiger partial charge in [0.15, 0.2) is 0 Å². The van der Waals surface area contributed by atoms with Crippen LogP contribution in [-0.4, -0.2) is 33.8 Å². The quantitative estimate of drug-likeness (QED) is 0.283. The number of rotatable bonds is 8. The molecule has 2 aromatic rings. The molecular formula is C23H25F3N6O3. The lowest BCUT2D eigenvalue weighted by Crippen LogP contribution is -2.53. The van der Waals surface area contributed by atoms with Crippen LogP contribution in [0.25, 0.3) is 0 Å². The number of hydrogen-bond donors (Lipinski definition) is 3. The zero-order valence-electron chi connectivity index (χ0n) is 18.7. The normalized spacial score (nSPS) is 26.9. The van der Waals surface area contributed by atoms with Gasteiger partial charge in [0.05, 0.1) is 4.92 Å². The van der Waals surface area contributed by atoms with Crippen molar-refractivity contribution >= 4 is 17.5 Å². The Bertz CT molecular complexity index is 1170. The van der Waals surface area contributed by atoms with Crippen LogP contribution in [0.15, 0.2) is 42.1 Å². The third-order valence-corrected chi connectivity index (χ3v) is 7.19. The molecule has 4 aliphatic carbocycles. The third kappa shape index (κ3) is 4.88. The average molecular weight is 490 g/mol. The summed E-state index contributed by atoms with van der Waals surface area (Å²) in [6.45, 7) is 0.451. The highest BCUT2D eigenvalue weighted by molar-refractivity contribution is 5.57. The van der Waals surface area contributed by atoms with Gasteiger partial charge in [-0.1, -0.05) is 29.8 Å². The minimum Gasteiger partial charge on any atom is -0.405 e. The maximum atomic E-state index is 12.7. The fraction of sp³-hybridized carbons (Fsp3) is 0.478. The van der Waals surface area contributed by atoms with Crippen molar-refractivity contribution in [2.24, 2.45) is 23.0 Å². The molecular weight excluding hydrogens is 465 g/mol. The molecule has 2 fully saturated rings. The number of hydrogen-bond acceptors (Lipinski definition) is 8. The Balaban J connectivity index is 1.31. The van der Waals surface area contributed by atoms with E-state index < -0.39 is 11.3 Å². The number of allylic oxidation sites excluding steroid dienone is 1. The van der Waals surface area contributed by atoms with E-state index in [1.807, 2.05) is 0 Å².